The van der Waals surface area contributed by atoms with Crippen LogP contribution in [-0.2, 0) is 53.3 Å². The highest BCUT2D eigenvalue weighted by Crippen LogP contribution is 2.50. The highest BCUT2D eigenvalue weighted by molar-refractivity contribution is 7.48. The minimum absolute atomic E-state index is 0.102. The number of benzene rings is 4. The van der Waals surface area contributed by atoms with E-state index in [0.717, 1.165) is 57.9 Å². The Morgan fingerprint density at radius 2 is 0.926 bits per heavy atom. The van der Waals surface area contributed by atoms with Crippen LogP contribution in [0.1, 0.15) is 84.4 Å². The van der Waals surface area contributed by atoms with E-state index in [0.29, 0.717) is 56.1 Å². The van der Waals surface area contributed by atoms with Gasteiger partial charge in [-0.2, -0.15) is 0 Å². The van der Waals surface area contributed by atoms with Crippen molar-refractivity contribution in [1.29, 1.82) is 0 Å². The Balaban J connectivity index is 0.000000207. The quantitative estimate of drug-likeness (QED) is 0.0767. The van der Waals surface area contributed by atoms with Crippen LogP contribution in [0.2, 0.25) is 0 Å². The first-order valence-corrected chi connectivity index (χ1v) is 24.8. The molecule has 4 aromatic carbocycles. The van der Waals surface area contributed by atoms with E-state index < -0.39 is 75.5 Å². The molecule has 10 atom stereocenters. The van der Waals surface area contributed by atoms with Gasteiger partial charge in [0.25, 0.3) is 0 Å². The fourth-order valence-corrected chi connectivity index (χ4v) is 10.0. The Hall–Kier alpha value is -4.17. The van der Waals surface area contributed by atoms with Crippen molar-refractivity contribution < 1.29 is 82.3 Å². The molecule has 0 aliphatic carbocycles. The lowest BCUT2D eigenvalue weighted by Crippen LogP contribution is -2.55. The molecule has 0 aromatic heterocycles. The molecule has 372 valence electrons. The predicted molar refractivity (Wildman–Crippen MR) is 247 cm³/mol. The molecule has 17 nitrogen and oxygen atoms in total. The number of aryl methyl sites for hydroxylation is 2. The summed E-state index contributed by atoms with van der Waals surface area (Å²) in [4.78, 5) is 0. The smallest absolute Gasteiger partial charge is 0.474 e. The van der Waals surface area contributed by atoms with Crippen LogP contribution in [0.15, 0.2) is 72.8 Å². The second kappa shape index (κ2) is 23.6. The van der Waals surface area contributed by atoms with Crippen molar-refractivity contribution in [3.05, 3.63) is 117 Å². The number of hydrogen-bond acceptors (Lipinski definition) is 17. The SMILES string of the molecule is CCOP(=O)(OCC)OC[C@H]1O[C@@H](c2ccc(CC)c(Cc3ccc4c(c3)OCCO4)c2)[C@H](O)[C@@H](O)[C@@H]1O.CCc1ccc([C@@H]2O[C@H](CO)[C@@H](O)[C@H](O)[C@H]2O)cc1Cc1ccc2c(c1)OCCO2. The number of aliphatic hydroxyl groups is 7. The zero-order valence-corrected chi connectivity index (χ0v) is 39.7. The first-order chi connectivity index (χ1) is 32.8. The van der Waals surface area contributed by atoms with Gasteiger partial charge in [-0.05, 0) is 108 Å². The van der Waals surface area contributed by atoms with Crippen molar-refractivity contribution in [2.75, 3.05) is 52.9 Å². The average Bonchev–Trinajstić information content (AvgIpc) is 3.35. The summed E-state index contributed by atoms with van der Waals surface area (Å²) in [7, 11) is -3.86. The summed E-state index contributed by atoms with van der Waals surface area (Å²) < 4.78 is 62.7. The third kappa shape index (κ3) is 12.0. The number of phosphoric ester groups is 1. The summed E-state index contributed by atoms with van der Waals surface area (Å²) in [5.74, 6) is 2.92. The second-order valence-corrected chi connectivity index (χ2v) is 18.6. The maximum atomic E-state index is 12.7. The highest BCUT2D eigenvalue weighted by atomic mass is 31.2. The molecule has 68 heavy (non-hydrogen) atoms. The van der Waals surface area contributed by atoms with Gasteiger partial charge in [-0.25, -0.2) is 4.57 Å². The van der Waals surface area contributed by atoms with E-state index in [2.05, 4.69) is 13.8 Å². The second-order valence-electron chi connectivity index (χ2n) is 17.0. The van der Waals surface area contributed by atoms with Gasteiger partial charge in [-0.1, -0.05) is 62.4 Å². The Bertz CT molecular complexity index is 2320. The number of ether oxygens (including phenoxy) is 6. The third-order valence-corrected chi connectivity index (χ3v) is 14.1. The fourth-order valence-electron chi connectivity index (χ4n) is 8.83. The Morgan fingerprint density at radius 1 is 0.500 bits per heavy atom. The largest absolute Gasteiger partial charge is 0.486 e. The van der Waals surface area contributed by atoms with Gasteiger partial charge in [-0.3, -0.25) is 13.6 Å². The molecule has 4 heterocycles. The fraction of sp³-hybridized carbons (Fsp3) is 0.520. The van der Waals surface area contributed by atoms with Crippen molar-refractivity contribution in [2.24, 2.45) is 0 Å². The summed E-state index contributed by atoms with van der Waals surface area (Å²) in [6.07, 6.45) is -9.31. The van der Waals surface area contributed by atoms with Crippen molar-refractivity contribution in [2.45, 2.75) is 114 Å². The zero-order chi connectivity index (χ0) is 48.5. The Morgan fingerprint density at radius 3 is 1.35 bits per heavy atom. The number of aliphatic hydroxyl groups excluding tert-OH is 7. The van der Waals surface area contributed by atoms with E-state index >= 15 is 0 Å². The molecule has 0 amide bonds. The van der Waals surface area contributed by atoms with Gasteiger partial charge in [0.1, 0.15) is 87.5 Å². The van der Waals surface area contributed by atoms with Crippen molar-refractivity contribution in [1.82, 2.24) is 0 Å². The molecule has 0 bridgehead atoms. The van der Waals surface area contributed by atoms with Crippen LogP contribution in [0.3, 0.4) is 0 Å². The van der Waals surface area contributed by atoms with E-state index in [1.807, 2.05) is 72.8 Å². The van der Waals surface area contributed by atoms with Crippen LogP contribution < -0.4 is 18.9 Å². The zero-order valence-electron chi connectivity index (χ0n) is 38.8. The summed E-state index contributed by atoms with van der Waals surface area (Å²) >= 11 is 0. The van der Waals surface area contributed by atoms with Crippen molar-refractivity contribution in [3.8, 4) is 23.0 Å². The van der Waals surface area contributed by atoms with Crippen LogP contribution in [0.25, 0.3) is 0 Å². The minimum atomic E-state index is -3.86. The van der Waals surface area contributed by atoms with Crippen molar-refractivity contribution >= 4 is 7.82 Å². The van der Waals surface area contributed by atoms with E-state index in [9.17, 15) is 40.3 Å². The molecule has 0 spiro atoms. The average molecular weight is 969 g/mol. The van der Waals surface area contributed by atoms with E-state index in [4.69, 9.17) is 42.0 Å². The van der Waals surface area contributed by atoms with E-state index in [-0.39, 0.29) is 19.8 Å². The van der Waals surface area contributed by atoms with Gasteiger partial charge in [0.15, 0.2) is 23.0 Å². The van der Waals surface area contributed by atoms with Crippen LogP contribution in [0, 0.1) is 0 Å². The normalized spacial score (nSPS) is 26.7. The van der Waals surface area contributed by atoms with E-state index in [1.165, 1.54) is 5.56 Å². The van der Waals surface area contributed by atoms with Gasteiger partial charge in [0.05, 0.1) is 26.4 Å². The van der Waals surface area contributed by atoms with Crippen LogP contribution >= 0.6 is 7.82 Å². The Labute approximate surface area is 396 Å². The molecule has 0 unspecified atom stereocenters. The van der Waals surface area contributed by atoms with Gasteiger partial charge in [0.2, 0.25) is 0 Å². The lowest BCUT2D eigenvalue weighted by molar-refractivity contribution is -0.231. The molecule has 7 N–H and O–H groups in total. The van der Waals surface area contributed by atoms with Crippen molar-refractivity contribution in [3.63, 3.8) is 0 Å². The molecule has 0 saturated carbocycles. The molecule has 8 rings (SSSR count). The van der Waals surface area contributed by atoms with Crippen LogP contribution in [0.4, 0.5) is 0 Å². The summed E-state index contributed by atoms with van der Waals surface area (Å²) in [5, 5.41) is 72.1. The molecular weight excluding hydrogens is 904 g/mol. The molecule has 0 radical (unpaired) electrons. The third-order valence-electron chi connectivity index (χ3n) is 12.5. The molecule has 4 aliphatic heterocycles. The topological polar surface area (TPSA) is 242 Å². The molecule has 2 fully saturated rings. The predicted octanol–water partition coefficient (Wildman–Crippen LogP) is 4.46. The Kier molecular flexibility index (Phi) is 18.0. The molecule has 18 heteroatoms. The molecule has 4 aromatic rings. The molecular formula is C50H65O17P. The number of fused-ring (bicyclic) bond motifs is 2. The maximum Gasteiger partial charge on any atom is 0.474 e. The standard InChI is InChI=1S/C27H37O10P.C23H28O7/c1-4-18-8-9-19(15-20(18)13-17-7-10-21-22(14-17)33-12-11-32-21)27-26(30)25(29)24(28)23(37-27)16-36-38(31,34-5-2)35-6-3;1-2-14-4-5-15(23-22(27)21(26)20(25)19(12-24)30-23)11-16(14)9-13-3-6-17-18(10-13)29-8-7-28-17/h7-10,14-15,23-30H,4-6,11-13,16H2,1-3H3;3-6,10-11,19-27H,2,7-9,12H2,1H3/t23-,24-,25+,26-,27+;19-,20-,21+,22-,23+/m11/s1. The highest BCUT2D eigenvalue weighted by Gasteiger charge is 2.46. The minimum Gasteiger partial charge on any atom is -0.486 e. The summed E-state index contributed by atoms with van der Waals surface area (Å²) in [6, 6.07) is 23.3. The van der Waals surface area contributed by atoms with Crippen LogP contribution in [0.5, 0.6) is 23.0 Å². The summed E-state index contributed by atoms with van der Waals surface area (Å²) in [6.45, 7) is 8.96. The van der Waals surface area contributed by atoms with Gasteiger partial charge in [-0.15, -0.1) is 0 Å². The molecule has 2 saturated heterocycles. The van der Waals surface area contributed by atoms with Gasteiger partial charge < -0.3 is 64.2 Å². The number of rotatable bonds is 16. The first-order valence-electron chi connectivity index (χ1n) is 23.3. The number of phosphoric acid groups is 1. The van der Waals surface area contributed by atoms with Gasteiger partial charge >= 0.3 is 7.82 Å². The molecule has 4 aliphatic rings. The summed E-state index contributed by atoms with van der Waals surface area (Å²) in [5.41, 5.74) is 7.83. The lowest BCUT2D eigenvalue weighted by atomic mass is 9.88. The van der Waals surface area contributed by atoms with Gasteiger partial charge in [0, 0.05) is 0 Å². The maximum absolute atomic E-state index is 12.7. The van der Waals surface area contributed by atoms with Crippen LogP contribution in [-0.4, -0.2) is 137 Å². The van der Waals surface area contributed by atoms with E-state index in [1.54, 1.807) is 13.8 Å². The lowest BCUT2D eigenvalue weighted by Gasteiger charge is -2.41. The monoisotopic (exact) mass is 968 g/mol. The first kappa shape index (κ1) is 51.7. The number of hydrogen-bond donors (Lipinski definition) is 7.